The molecule has 0 spiro atoms. The molecule has 1 N–H and O–H groups in total. The average molecular weight is 503 g/mol. The zero-order valence-corrected chi connectivity index (χ0v) is 21.6. The zero-order chi connectivity index (χ0) is 25.1. The van der Waals surface area contributed by atoms with Crippen LogP contribution in [0, 0.1) is 0 Å². The van der Waals surface area contributed by atoms with Crippen molar-refractivity contribution < 1.29 is 13.2 Å². The Labute approximate surface area is 208 Å². The summed E-state index contributed by atoms with van der Waals surface area (Å²) in [6.07, 6.45) is 7.42. The highest BCUT2D eigenvalue weighted by atomic mass is 32.2. The van der Waals surface area contributed by atoms with Crippen molar-refractivity contribution in [3.63, 3.8) is 0 Å². The molecule has 1 aromatic heterocycles. The average Bonchev–Trinajstić information content (AvgIpc) is 3.29. The summed E-state index contributed by atoms with van der Waals surface area (Å²) in [7, 11) is -1.22. The van der Waals surface area contributed by atoms with E-state index in [0.29, 0.717) is 5.56 Å². The number of rotatable bonds is 2. The van der Waals surface area contributed by atoms with Crippen LogP contribution < -0.4 is 0 Å². The molecular weight excluding hydrogens is 476 g/mol. The summed E-state index contributed by atoms with van der Waals surface area (Å²) in [5.74, 6) is 0.783. The predicted molar refractivity (Wildman–Crippen MR) is 151 cm³/mol. The normalized spacial score (nSPS) is 11.1. The number of nitrogens with one attached hydrogen (secondary N) is 1. The van der Waals surface area contributed by atoms with Crippen molar-refractivity contribution >= 4 is 71.2 Å². The van der Waals surface area contributed by atoms with E-state index >= 15 is 0 Å². The molecule has 0 amide bonds. The summed E-state index contributed by atoms with van der Waals surface area (Å²) < 4.78 is 19.1. The lowest BCUT2D eigenvalue weighted by molar-refractivity contribution is 0.112. The molecule has 0 atom stereocenters. The molecule has 5 nitrogen and oxygen atoms in total. The summed E-state index contributed by atoms with van der Waals surface area (Å²) in [5.41, 5.74) is 3.57. The third kappa shape index (κ3) is 5.16. The van der Waals surface area contributed by atoms with Crippen molar-refractivity contribution in [3.05, 3.63) is 78.4 Å². The number of fused-ring (bicyclic) bond motifs is 3. The van der Waals surface area contributed by atoms with Gasteiger partial charge in [-0.2, -0.15) is 0 Å². The number of hydrogen-bond acceptors (Lipinski definition) is 4. The summed E-state index contributed by atoms with van der Waals surface area (Å²) >= 11 is 0. The highest BCUT2D eigenvalue weighted by Gasteiger charge is 2.16. The molecule has 5 aromatic carbocycles. The van der Waals surface area contributed by atoms with Crippen LogP contribution in [0.5, 0.6) is 0 Å². The van der Waals surface area contributed by atoms with Crippen LogP contribution in [-0.4, -0.2) is 49.7 Å². The molecule has 7 heteroatoms. The monoisotopic (exact) mass is 502 g/mol. The molecule has 6 rings (SSSR count). The van der Waals surface area contributed by atoms with Gasteiger partial charge in [-0.05, 0) is 27.6 Å². The van der Waals surface area contributed by atoms with Gasteiger partial charge in [-0.25, -0.2) is 4.98 Å². The first-order valence-electron chi connectivity index (χ1n) is 10.9. The van der Waals surface area contributed by atoms with E-state index in [2.05, 4.69) is 53.5 Å². The largest absolute Gasteiger partial charge is 0.337 e. The molecule has 178 valence electrons. The lowest BCUT2D eigenvalue weighted by atomic mass is 9.93. The number of benzene rings is 5. The quantitative estimate of drug-likeness (QED) is 0.235. The van der Waals surface area contributed by atoms with Gasteiger partial charge in [0.25, 0.3) is 0 Å². The standard InChI is InChI=1S/C24H14N2O.2C2H6OS/c27-13-14-4-1-7-17(12-14)24-25-22-18-8-2-5-15-10-11-16-6-3-9-19(23(22)26-24)21(16)20(15)18;2*1-4(2)3/h1-13H,(H,25,26);2*1-2H3. The summed E-state index contributed by atoms with van der Waals surface area (Å²) in [4.78, 5) is 19.6. The summed E-state index contributed by atoms with van der Waals surface area (Å²) in [5, 5.41) is 7.33. The molecule has 1 heterocycles. The number of hydrogen-bond donors (Lipinski definition) is 1. The number of aldehydes is 1. The van der Waals surface area contributed by atoms with E-state index in [1.54, 1.807) is 31.1 Å². The highest BCUT2D eigenvalue weighted by Crippen LogP contribution is 2.40. The maximum absolute atomic E-state index is 11.2. The van der Waals surface area contributed by atoms with E-state index in [-0.39, 0.29) is 0 Å². The molecule has 6 aromatic rings. The van der Waals surface area contributed by atoms with Crippen molar-refractivity contribution in [1.82, 2.24) is 9.97 Å². The minimum atomic E-state index is -0.611. The Kier molecular flexibility index (Phi) is 7.38. The number of carbonyl (C=O) groups is 1. The van der Waals surface area contributed by atoms with Gasteiger partial charge in [0.05, 0.1) is 11.0 Å². The second-order valence-corrected chi connectivity index (χ2v) is 11.4. The van der Waals surface area contributed by atoms with Crippen LogP contribution in [-0.2, 0) is 21.6 Å². The molecule has 0 fully saturated rings. The molecule has 0 saturated carbocycles. The fourth-order valence-corrected chi connectivity index (χ4v) is 4.22. The fourth-order valence-electron chi connectivity index (χ4n) is 4.22. The van der Waals surface area contributed by atoms with Gasteiger partial charge >= 0.3 is 0 Å². The lowest BCUT2D eigenvalue weighted by Crippen LogP contribution is -1.85. The molecule has 0 saturated heterocycles. The predicted octanol–water partition coefficient (Wildman–Crippen LogP) is 5.93. The molecule has 0 aliphatic heterocycles. The Bertz CT molecular complexity index is 1600. The van der Waals surface area contributed by atoms with Crippen LogP contribution in [0.3, 0.4) is 0 Å². The van der Waals surface area contributed by atoms with Crippen LogP contribution in [0.1, 0.15) is 10.4 Å². The fraction of sp³-hybridized carbons (Fsp3) is 0.143. The maximum Gasteiger partial charge on any atom is 0.150 e. The van der Waals surface area contributed by atoms with E-state index < -0.39 is 21.6 Å². The van der Waals surface area contributed by atoms with Crippen LogP contribution in [0.2, 0.25) is 0 Å². The van der Waals surface area contributed by atoms with Crippen molar-refractivity contribution in [2.75, 3.05) is 25.0 Å². The topological polar surface area (TPSA) is 79.9 Å². The van der Waals surface area contributed by atoms with Crippen molar-refractivity contribution in [1.29, 1.82) is 0 Å². The molecule has 0 radical (unpaired) electrons. The van der Waals surface area contributed by atoms with Gasteiger partial charge in [0.1, 0.15) is 12.1 Å². The molecule has 0 aliphatic carbocycles. The Morgan fingerprint density at radius 3 is 1.89 bits per heavy atom. The Morgan fingerprint density at radius 1 is 0.743 bits per heavy atom. The van der Waals surface area contributed by atoms with E-state index in [0.717, 1.165) is 34.1 Å². The first kappa shape index (κ1) is 24.7. The van der Waals surface area contributed by atoms with Crippen LogP contribution in [0.4, 0.5) is 0 Å². The van der Waals surface area contributed by atoms with Gasteiger partial charge < -0.3 is 4.98 Å². The third-order valence-corrected chi connectivity index (χ3v) is 5.41. The van der Waals surface area contributed by atoms with E-state index in [9.17, 15) is 13.2 Å². The zero-order valence-electron chi connectivity index (χ0n) is 20.0. The van der Waals surface area contributed by atoms with Crippen molar-refractivity contribution in [3.8, 4) is 11.4 Å². The molecule has 35 heavy (non-hydrogen) atoms. The molecule has 0 aliphatic rings. The number of aromatic nitrogens is 2. The number of H-pyrrole nitrogens is 1. The Morgan fingerprint density at radius 2 is 1.29 bits per heavy atom. The van der Waals surface area contributed by atoms with E-state index in [4.69, 9.17) is 4.98 Å². The van der Waals surface area contributed by atoms with Gasteiger partial charge in [0.15, 0.2) is 0 Å². The lowest BCUT2D eigenvalue weighted by Gasteiger charge is -2.11. The minimum absolute atomic E-state index is 0.611. The second kappa shape index (κ2) is 10.5. The van der Waals surface area contributed by atoms with Gasteiger partial charge in [-0.15, -0.1) is 0 Å². The Hall–Kier alpha value is -3.42. The molecule has 0 unspecified atom stereocenters. The minimum Gasteiger partial charge on any atom is -0.337 e. The molecule has 0 bridgehead atoms. The second-order valence-electron chi connectivity index (χ2n) is 8.41. The SMILES string of the molecule is CS(C)=O.CS(C)=O.O=Cc1cccc(-c2nc3c4cccc5ccc6cccc(c3[nH]2)c6c54)c1. The van der Waals surface area contributed by atoms with Crippen molar-refractivity contribution in [2.45, 2.75) is 0 Å². The van der Waals surface area contributed by atoms with Gasteiger partial charge in [-0.1, -0.05) is 66.7 Å². The summed E-state index contributed by atoms with van der Waals surface area (Å²) in [6, 6.07) is 24.7. The van der Waals surface area contributed by atoms with Crippen LogP contribution >= 0.6 is 0 Å². The van der Waals surface area contributed by atoms with Gasteiger partial charge in [0.2, 0.25) is 0 Å². The van der Waals surface area contributed by atoms with Crippen LogP contribution in [0.15, 0.2) is 72.8 Å². The summed E-state index contributed by atoms with van der Waals surface area (Å²) in [6.45, 7) is 0. The van der Waals surface area contributed by atoms with E-state index in [1.165, 1.54) is 26.9 Å². The number of aromatic amines is 1. The molecular formula is C28H26N2O3S2. The first-order valence-corrected chi connectivity index (χ1v) is 14.8. The third-order valence-electron chi connectivity index (χ3n) is 5.41. The number of carbonyl (C=O) groups excluding carboxylic acids is 1. The van der Waals surface area contributed by atoms with Crippen molar-refractivity contribution in [2.24, 2.45) is 0 Å². The Balaban J connectivity index is 0.000000319. The number of nitrogens with zero attached hydrogens (tertiary/aromatic N) is 1. The van der Waals surface area contributed by atoms with E-state index in [1.807, 2.05) is 18.2 Å². The first-order chi connectivity index (χ1) is 16.8. The highest BCUT2D eigenvalue weighted by molar-refractivity contribution is 7.83. The number of imidazole rings is 1. The smallest absolute Gasteiger partial charge is 0.150 e. The van der Waals surface area contributed by atoms with Gasteiger partial charge in [-0.3, -0.25) is 13.2 Å². The van der Waals surface area contributed by atoms with Crippen LogP contribution in [0.25, 0.3) is 54.7 Å². The maximum atomic E-state index is 11.2. The van der Waals surface area contributed by atoms with Gasteiger partial charge in [0, 0.05) is 68.5 Å².